The Bertz CT molecular complexity index is 867. The topological polar surface area (TPSA) is 58.4 Å². The maximum atomic E-state index is 14.0. The molecule has 6 heteroatoms. The highest BCUT2D eigenvalue weighted by atomic mass is 19.1. The van der Waals surface area contributed by atoms with E-state index in [-0.39, 0.29) is 11.4 Å². The highest BCUT2D eigenvalue weighted by Crippen LogP contribution is 2.33. The Hall–Kier alpha value is -2.89. The van der Waals surface area contributed by atoms with Crippen molar-refractivity contribution >= 4 is 29.2 Å². The van der Waals surface area contributed by atoms with E-state index in [1.807, 2.05) is 6.92 Å². The van der Waals surface area contributed by atoms with Crippen molar-refractivity contribution < 1.29 is 4.39 Å². The zero-order valence-corrected chi connectivity index (χ0v) is 12.3. The van der Waals surface area contributed by atoms with Crippen LogP contribution >= 0.6 is 0 Å². The molecule has 1 aromatic heterocycles. The first-order valence-electron chi connectivity index (χ1n) is 6.73. The van der Waals surface area contributed by atoms with E-state index in [0.29, 0.717) is 28.5 Å². The minimum atomic E-state index is -0.382. The molecular weight excluding hydrogens is 283 g/mol. The Morgan fingerprint density at radius 1 is 1.32 bits per heavy atom. The predicted molar refractivity (Wildman–Crippen MR) is 86.4 cm³/mol. The molecule has 0 bridgehead atoms. The number of nitrogens with zero attached hydrogens (tertiary/aromatic N) is 2. The summed E-state index contributed by atoms with van der Waals surface area (Å²) in [5, 5.41) is 5.86. The van der Waals surface area contributed by atoms with Crippen LogP contribution in [0.15, 0.2) is 40.6 Å². The Morgan fingerprint density at radius 2 is 2.09 bits per heavy atom. The number of pyridine rings is 1. The van der Waals surface area contributed by atoms with Crippen molar-refractivity contribution in [1.29, 1.82) is 0 Å². The molecule has 2 aromatic rings. The number of hydrogen-bond donors (Lipinski definition) is 2. The molecule has 0 unspecified atom stereocenters. The van der Waals surface area contributed by atoms with E-state index >= 15 is 0 Å². The van der Waals surface area contributed by atoms with Gasteiger partial charge in [0.1, 0.15) is 11.6 Å². The zero-order chi connectivity index (χ0) is 15.9. The van der Waals surface area contributed by atoms with Gasteiger partial charge in [0.2, 0.25) is 0 Å². The first-order chi connectivity index (χ1) is 10.5. The monoisotopic (exact) mass is 298 g/mol. The maximum absolute atomic E-state index is 14.0. The van der Waals surface area contributed by atoms with E-state index in [4.69, 9.17) is 0 Å². The van der Waals surface area contributed by atoms with Crippen LogP contribution < -0.4 is 16.2 Å². The first-order valence-corrected chi connectivity index (χ1v) is 6.73. The molecule has 0 spiro atoms. The summed E-state index contributed by atoms with van der Waals surface area (Å²) in [5.41, 5.74) is 2.59. The van der Waals surface area contributed by atoms with Crippen LogP contribution in [0.3, 0.4) is 0 Å². The first kappa shape index (κ1) is 14.1. The molecule has 1 aromatic carbocycles. The van der Waals surface area contributed by atoms with Crippen LogP contribution in [0.5, 0.6) is 0 Å². The van der Waals surface area contributed by atoms with Gasteiger partial charge in [-0.1, -0.05) is 12.6 Å². The van der Waals surface area contributed by atoms with Gasteiger partial charge in [-0.3, -0.25) is 9.36 Å². The average molecular weight is 298 g/mol. The number of rotatable bonds is 2. The molecule has 22 heavy (non-hydrogen) atoms. The lowest BCUT2D eigenvalue weighted by atomic mass is 10.1. The van der Waals surface area contributed by atoms with E-state index in [9.17, 15) is 9.18 Å². The molecule has 112 valence electrons. The van der Waals surface area contributed by atoms with Crippen LogP contribution in [0.2, 0.25) is 0 Å². The van der Waals surface area contributed by atoms with Crippen molar-refractivity contribution in [1.82, 2.24) is 9.88 Å². The smallest absolute Gasteiger partial charge is 0.254 e. The van der Waals surface area contributed by atoms with Gasteiger partial charge in [0.25, 0.3) is 5.56 Å². The molecule has 0 saturated heterocycles. The summed E-state index contributed by atoms with van der Waals surface area (Å²) in [7, 11) is 1.63. The fourth-order valence-corrected chi connectivity index (χ4v) is 2.34. The van der Waals surface area contributed by atoms with Gasteiger partial charge in [0, 0.05) is 18.8 Å². The predicted octanol–water partition coefficient (Wildman–Crippen LogP) is 2.81. The third kappa shape index (κ3) is 2.28. The molecule has 0 saturated carbocycles. The lowest BCUT2D eigenvalue weighted by Gasteiger charge is -2.21. The van der Waals surface area contributed by atoms with Crippen molar-refractivity contribution in [2.45, 2.75) is 6.92 Å². The van der Waals surface area contributed by atoms with Gasteiger partial charge in [-0.15, -0.1) is 0 Å². The largest absolute Gasteiger partial charge is 0.352 e. The number of halogens is 1. The number of benzene rings is 1. The number of aryl methyl sites for hydroxylation is 1. The summed E-state index contributed by atoms with van der Waals surface area (Å²) in [6.07, 6.45) is 1.47. The van der Waals surface area contributed by atoms with Gasteiger partial charge < -0.3 is 10.6 Å². The number of hydrogen-bond acceptors (Lipinski definition) is 4. The van der Waals surface area contributed by atoms with Gasteiger partial charge in [0.05, 0.1) is 23.3 Å². The second kappa shape index (κ2) is 5.14. The molecule has 2 heterocycles. The van der Waals surface area contributed by atoms with Crippen molar-refractivity contribution in [3.8, 4) is 0 Å². The second-order valence-electron chi connectivity index (χ2n) is 5.14. The van der Waals surface area contributed by atoms with Crippen LogP contribution in [0.4, 0.5) is 21.6 Å². The van der Waals surface area contributed by atoms with E-state index in [1.165, 1.54) is 23.0 Å². The number of anilines is 2. The average Bonchev–Trinajstić information content (AvgIpc) is 2.47. The molecule has 5 nitrogen and oxygen atoms in total. The summed E-state index contributed by atoms with van der Waals surface area (Å²) in [5.74, 6) is 0.0959. The van der Waals surface area contributed by atoms with Gasteiger partial charge in [-0.25, -0.2) is 9.38 Å². The van der Waals surface area contributed by atoms with E-state index in [2.05, 4.69) is 22.2 Å². The number of aliphatic imine (C=N–C) groups is 1. The van der Waals surface area contributed by atoms with Gasteiger partial charge in [0.15, 0.2) is 0 Å². The molecule has 3 rings (SSSR count). The molecule has 0 amide bonds. The summed E-state index contributed by atoms with van der Waals surface area (Å²) < 4.78 is 15.5. The summed E-state index contributed by atoms with van der Waals surface area (Å²) in [4.78, 5) is 16.2. The second-order valence-corrected chi connectivity index (χ2v) is 5.14. The van der Waals surface area contributed by atoms with Gasteiger partial charge in [-0.2, -0.15) is 0 Å². The van der Waals surface area contributed by atoms with Crippen molar-refractivity contribution in [3.05, 3.63) is 58.1 Å². The van der Waals surface area contributed by atoms with Crippen molar-refractivity contribution in [3.63, 3.8) is 0 Å². The molecule has 2 N–H and O–H groups in total. The normalized spacial score (nSPS) is 12.8. The molecule has 1 aliphatic rings. The Balaban J connectivity index is 2.15. The third-order valence-electron chi connectivity index (χ3n) is 3.53. The van der Waals surface area contributed by atoms with Crippen molar-refractivity contribution in [2.75, 3.05) is 5.32 Å². The van der Waals surface area contributed by atoms with E-state index in [0.717, 1.165) is 5.56 Å². The van der Waals surface area contributed by atoms with E-state index in [1.54, 1.807) is 19.2 Å². The number of nitrogens with one attached hydrogen (secondary N) is 2. The Labute approximate surface area is 126 Å². The Kier molecular flexibility index (Phi) is 3.29. The standard InChI is InChI=1S/C16H15FN4O/c1-9-4-5-12(11(17)6-9)20-13-7-14(22)21(3)16-15(13)10(2)18-8-19-16/h4-8,20H,2H2,1,3H3,(H,18,19). The summed E-state index contributed by atoms with van der Waals surface area (Å²) in [6, 6.07) is 6.27. The molecular formula is C16H15FN4O. The maximum Gasteiger partial charge on any atom is 0.254 e. The fraction of sp³-hybridized carbons (Fsp3) is 0.125. The number of aromatic nitrogens is 1. The third-order valence-corrected chi connectivity index (χ3v) is 3.53. The molecule has 1 aliphatic heterocycles. The van der Waals surface area contributed by atoms with Crippen LogP contribution in [0.1, 0.15) is 11.1 Å². The minimum absolute atomic E-state index is 0.236. The summed E-state index contributed by atoms with van der Waals surface area (Å²) in [6.45, 7) is 5.73. The zero-order valence-electron chi connectivity index (χ0n) is 12.3. The van der Waals surface area contributed by atoms with Crippen LogP contribution in [0, 0.1) is 12.7 Å². The van der Waals surface area contributed by atoms with E-state index < -0.39 is 0 Å². The van der Waals surface area contributed by atoms with Crippen LogP contribution in [-0.2, 0) is 7.05 Å². The SMILES string of the molecule is C=C1NC=Nc2c1c(Nc1ccc(C)cc1F)cc(=O)n2C. The van der Waals surface area contributed by atoms with Gasteiger partial charge >= 0.3 is 0 Å². The molecule has 0 aliphatic carbocycles. The lowest BCUT2D eigenvalue weighted by Crippen LogP contribution is -2.23. The Morgan fingerprint density at radius 3 is 2.82 bits per heavy atom. The quantitative estimate of drug-likeness (QED) is 0.896. The van der Waals surface area contributed by atoms with Crippen LogP contribution in [-0.4, -0.2) is 10.9 Å². The van der Waals surface area contributed by atoms with Crippen LogP contribution in [0.25, 0.3) is 5.70 Å². The minimum Gasteiger partial charge on any atom is -0.352 e. The fourth-order valence-electron chi connectivity index (χ4n) is 2.34. The summed E-state index contributed by atoms with van der Waals surface area (Å²) >= 11 is 0. The molecule has 0 fully saturated rings. The highest BCUT2D eigenvalue weighted by molar-refractivity contribution is 5.91. The molecule has 0 radical (unpaired) electrons. The highest BCUT2D eigenvalue weighted by Gasteiger charge is 2.19. The molecule has 0 atom stereocenters. The van der Waals surface area contributed by atoms with Gasteiger partial charge in [-0.05, 0) is 24.6 Å². The number of fused-ring (bicyclic) bond motifs is 1. The lowest BCUT2D eigenvalue weighted by molar-refractivity contribution is 0.630. The van der Waals surface area contributed by atoms with Crippen molar-refractivity contribution in [2.24, 2.45) is 12.0 Å².